The summed E-state index contributed by atoms with van der Waals surface area (Å²) >= 11 is 3.31. The van der Waals surface area contributed by atoms with Gasteiger partial charge in [-0.15, -0.1) is 0 Å². The number of hydrogen-bond acceptors (Lipinski definition) is 3. The Balaban J connectivity index is 2.38. The Morgan fingerprint density at radius 3 is 2.55 bits per heavy atom. The lowest BCUT2D eigenvalue weighted by Crippen LogP contribution is -2.14. The van der Waals surface area contributed by atoms with Gasteiger partial charge in [0.1, 0.15) is 5.56 Å². The summed E-state index contributed by atoms with van der Waals surface area (Å²) in [5, 5.41) is 13.7. The third-order valence-corrected chi connectivity index (χ3v) is 3.48. The minimum Gasteiger partial charge on any atom is -0.321 e. The van der Waals surface area contributed by atoms with E-state index in [1.807, 2.05) is 6.07 Å². The van der Waals surface area contributed by atoms with Gasteiger partial charge in [0.25, 0.3) is 11.6 Å². The van der Waals surface area contributed by atoms with Crippen molar-refractivity contribution in [2.45, 2.75) is 6.92 Å². The normalized spacial score (nSPS) is 10.1. The maximum absolute atomic E-state index is 12.2. The Hall–Kier alpha value is -2.21. The van der Waals surface area contributed by atoms with E-state index in [0.717, 1.165) is 0 Å². The molecule has 0 aliphatic carbocycles. The second-order valence-corrected chi connectivity index (χ2v) is 5.02. The average Bonchev–Trinajstić information content (AvgIpc) is 2.40. The van der Waals surface area contributed by atoms with Gasteiger partial charge in [0, 0.05) is 10.0 Å². The molecule has 2 aromatic rings. The van der Waals surface area contributed by atoms with E-state index in [2.05, 4.69) is 21.2 Å². The Kier molecular flexibility index (Phi) is 4.14. The number of halogens is 1. The molecule has 0 aromatic heterocycles. The molecule has 0 heterocycles. The molecule has 102 valence electrons. The van der Waals surface area contributed by atoms with Gasteiger partial charge in [-0.3, -0.25) is 14.9 Å². The number of para-hydroxylation sites is 2. The first-order valence-corrected chi connectivity index (χ1v) is 6.60. The monoisotopic (exact) mass is 334 g/mol. The molecule has 6 heteroatoms. The number of anilines is 1. The van der Waals surface area contributed by atoms with E-state index in [4.69, 9.17) is 0 Å². The number of nitro benzene ring substituents is 1. The molecule has 0 aliphatic heterocycles. The van der Waals surface area contributed by atoms with Gasteiger partial charge in [-0.05, 0) is 41.1 Å². The summed E-state index contributed by atoms with van der Waals surface area (Å²) in [5.41, 5.74) is 0.894. The molecule has 0 spiro atoms. The zero-order valence-corrected chi connectivity index (χ0v) is 12.2. The van der Waals surface area contributed by atoms with E-state index < -0.39 is 10.8 Å². The smallest absolute Gasteiger partial charge is 0.285 e. The fourth-order valence-electron chi connectivity index (χ4n) is 1.84. The number of benzene rings is 2. The topological polar surface area (TPSA) is 72.2 Å². The minimum atomic E-state index is -0.537. The summed E-state index contributed by atoms with van der Waals surface area (Å²) in [7, 11) is 0. The van der Waals surface area contributed by atoms with E-state index in [-0.39, 0.29) is 11.3 Å². The minimum absolute atomic E-state index is 0.0470. The fourth-order valence-corrected chi connectivity index (χ4v) is 2.22. The number of nitrogens with one attached hydrogen (secondary N) is 1. The number of carbonyl (C=O) groups is 1. The van der Waals surface area contributed by atoms with Crippen LogP contribution in [0.2, 0.25) is 0 Å². The number of amides is 1. The van der Waals surface area contributed by atoms with E-state index in [1.165, 1.54) is 6.07 Å². The highest BCUT2D eigenvalue weighted by atomic mass is 79.9. The van der Waals surface area contributed by atoms with Crippen LogP contribution < -0.4 is 5.32 Å². The first-order valence-electron chi connectivity index (χ1n) is 5.80. The van der Waals surface area contributed by atoms with E-state index in [1.54, 1.807) is 37.3 Å². The van der Waals surface area contributed by atoms with Crippen LogP contribution in [-0.4, -0.2) is 10.8 Å². The molecule has 0 bridgehead atoms. The third kappa shape index (κ3) is 2.85. The second-order valence-electron chi connectivity index (χ2n) is 4.16. The van der Waals surface area contributed by atoms with Gasteiger partial charge in [-0.1, -0.05) is 24.3 Å². The summed E-state index contributed by atoms with van der Waals surface area (Å²) in [6.07, 6.45) is 0. The highest BCUT2D eigenvalue weighted by Gasteiger charge is 2.22. The molecule has 0 saturated carbocycles. The number of nitro groups is 1. The fraction of sp³-hybridized carbons (Fsp3) is 0.0714. The van der Waals surface area contributed by atoms with Crippen LogP contribution in [0.5, 0.6) is 0 Å². The van der Waals surface area contributed by atoms with Crippen molar-refractivity contribution in [1.82, 2.24) is 0 Å². The number of aryl methyl sites for hydroxylation is 1. The van der Waals surface area contributed by atoms with Crippen molar-refractivity contribution >= 4 is 33.2 Å². The van der Waals surface area contributed by atoms with E-state index in [9.17, 15) is 14.9 Å². The predicted octanol–water partition coefficient (Wildman–Crippen LogP) is 3.92. The standard InChI is InChI=1S/C14H11BrN2O3/c1-9-5-4-6-10(13(9)17(19)20)14(18)16-12-8-3-2-7-11(12)15/h2-8H,1H3,(H,16,18). The molecular weight excluding hydrogens is 324 g/mol. The molecule has 0 unspecified atom stereocenters. The largest absolute Gasteiger partial charge is 0.321 e. The Morgan fingerprint density at radius 2 is 1.90 bits per heavy atom. The van der Waals surface area contributed by atoms with Crippen LogP contribution in [0.4, 0.5) is 11.4 Å². The third-order valence-electron chi connectivity index (χ3n) is 2.79. The molecule has 0 atom stereocenters. The van der Waals surface area contributed by atoms with Gasteiger partial charge in [0.05, 0.1) is 10.6 Å². The lowest BCUT2D eigenvalue weighted by atomic mass is 10.1. The zero-order valence-electron chi connectivity index (χ0n) is 10.6. The first kappa shape index (κ1) is 14.2. The Bertz CT molecular complexity index is 686. The number of carbonyl (C=O) groups excluding carboxylic acids is 1. The summed E-state index contributed by atoms with van der Waals surface area (Å²) in [6, 6.07) is 11.7. The summed E-state index contributed by atoms with van der Waals surface area (Å²) in [6.45, 7) is 1.60. The van der Waals surface area contributed by atoms with Crippen LogP contribution >= 0.6 is 15.9 Å². The van der Waals surface area contributed by atoms with Gasteiger partial charge >= 0.3 is 0 Å². The summed E-state index contributed by atoms with van der Waals surface area (Å²) < 4.78 is 0.712. The Labute approximate surface area is 123 Å². The molecule has 1 N–H and O–H groups in total. The van der Waals surface area contributed by atoms with Crippen molar-refractivity contribution in [1.29, 1.82) is 0 Å². The lowest BCUT2D eigenvalue weighted by molar-refractivity contribution is -0.385. The quantitative estimate of drug-likeness (QED) is 0.683. The van der Waals surface area contributed by atoms with Crippen LogP contribution in [0.1, 0.15) is 15.9 Å². The molecule has 0 radical (unpaired) electrons. The van der Waals surface area contributed by atoms with Crippen LogP contribution in [0.3, 0.4) is 0 Å². The van der Waals surface area contributed by atoms with Crippen LogP contribution in [0.15, 0.2) is 46.9 Å². The predicted molar refractivity (Wildman–Crippen MR) is 79.9 cm³/mol. The van der Waals surface area contributed by atoms with Gasteiger partial charge < -0.3 is 5.32 Å². The highest BCUT2D eigenvalue weighted by Crippen LogP contribution is 2.26. The number of rotatable bonds is 3. The molecule has 1 amide bonds. The van der Waals surface area contributed by atoms with Crippen molar-refractivity contribution in [3.63, 3.8) is 0 Å². The summed E-state index contributed by atoms with van der Waals surface area (Å²) in [4.78, 5) is 22.8. The number of hydrogen-bond donors (Lipinski definition) is 1. The van der Waals surface area contributed by atoms with Crippen molar-refractivity contribution in [2.24, 2.45) is 0 Å². The van der Waals surface area contributed by atoms with Crippen molar-refractivity contribution < 1.29 is 9.72 Å². The Morgan fingerprint density at radius 1 is 1.20 bits per heavy atom. The first-order chi connectivity index (χ1) is 9.50. The van der Waals surface area contributed by atoms with E-state index >= 15 is 0 Å². The molecule has 0 fully saturated rings. The van der Waals surface area contributed by atoms with Crippen molar-refractivity contribution in [3.8, 4) is 0 Å². The molecule has 0 saturated heterocycles. The van der Waals surface area contributed by atoms with Crippen LogP contribution in [0, 0.1) is 17.0 Å². The van der Waals surface area contributed by atoms with Gasteiger partial charge in [-0.25, -0.2) is 0 Å². The van der Waals surface area contributed by atoms with Crippen molar-refractivity contribution in [3.05, 3.63) is 68.2 Å². The number of nitrogens with zero attached hydrogens (tertiary/aromatic N) is 1. The maximum Gasteiger partial charge on any atom is 0.285 e. The van der Waals surface area contributed by atoms with Gasteiger partial charge in [-0.2, -0.15) is 0 Å². The molecule has 0 aliphatic rings. The molecule has 2 rings (SSSR count). The zero-order chi connectivity index (χ0) is 14.7. The molecular formula is C14H11BrN2O3. The van der Waals surface area contributed by atoms with Gasteiger partial charge in [0.15, 0.2) is 0 Å². The van der Waals surface area contributed by atoms with Crippen LogP contribution in [-0.2, 0) is 0 Å². The van der Waals surface area contributed by atoms with Gasteiger partial charge in [0.2, 0.25) is 0 Å². The van der Waals surface area contributed by atoms with Crippen LogP contribution in [0.25, 0.3) is 0 Å². The molecule has 20 heavy (non-hydrogen) atoms. The average molecular weight is 335 g/mol. The maximum atomic E-state index is 12.2. The lowest BCUT2D eigenvalue weighted by Gasteiger charge is -2.08. The second kappa shape index (κ2) is 5.83. The highest BCUT2D eigenvalue weighted by molar-refractivity contribution is 9.10. The molecule has 2 aromatic carbocycles. The van der Waals surface area contributed by atoms with E-state index in [0.29, 0.717) is 15.7 Å². The molecule has 5 nitrogen and oxygen atoms in total. The SMILES string of the molecule is Cc1cccc(C(=O)Nc2ccccc2Br)c1[N+](=O)[O-]. The van der Waals surface area contributed by atoms with Crippen molar-refractivity contribution in [2.75, 3.05) is 5.32 Å². The summed E-state index contributed by atoms with van der Waals surface area (Å²) in [5.74, 6) is -0.507.